The molecule has 8 rings (SSSR count). The van der Waals surface area contributed by atoms with Crippen LogP contribution in [0.25, 0.3) is 43.6 Å². The first-order valence-corrected chi connectivity index (χ1v) is 14.4. The molecule has 5 heterocycles. The van der Waals surface area contributed by atoms with Gasteiger partial charge in [-0.2, -0.15) is 0 Å². The first-order valence-electron chi connectivity index (χ1n) is 14.4. The van der Waals surface area contributed by atoms with Crippen LogP contribution < -0.4 is 5.32 Å². The first-order chi connectivity index (χ1) is 20.8. The minimum atomic E-state index is -1.16. The molecule has 0 radical (unpaired) electrons. The van der Waals surface area contributed by atoms with Crippen molar-refractivity contribution in [2.75, 3.05) is 34.5 Å². The number of methoxy groups -OCH3 is 2. The molecule has 0 spiro atoms. The van der Waals surface area contributed by atoms with Gasteiger partial charge in [0.2, 0.25) is 0 Å². The Kier molecular flexibility index (Phi) is 5.64. The molecule has 1 fully saturated rings. The number of aliphatic hydroxyl groups excluding tert-OH is 1. The number of benzene rings is 3. The third kappa shape index (κ3) is 3.27. The summed E-state index contributed by atoms with van der Waals surface area (Å²) >= 11 is 0. The van der Waals surface area contributed by atoms with E-state index < -0.39 is 36.4 Å². The van der Waals surface area contributed by atoms with Crippen LogP contribution in [-0.4, -0.2) is 77.8 Å². The summed E-state index contributed by atoms with van der Waals surface area (Å²) in [6.07, 6.45) is -2.36. The third-order valence-electron chi connectivity index (χ3n) is 9.55. The molecule has 5 aromatic rings. The first kappa shape index (κ1) is 26.5. The van der Waals surface area contributed by atoms with Crippen LogP contribution in [0.3, 0.4) is 0 Å². The number of nitrogens with one attached hydrogen (secondary N) is 1. The summed E-state index contributed by atoms with van der Waals surface area (Å²) in [7, 11) is 4.91. The number of amides is 2. The Bertz CT molecular complexity index is 2000. The number of likely N-dealkylation sites (N-methyl/N-ethyl adjacent to an activating group) is 1. The van der Waals surface area contributed by atoms with E-state index in [1.165, 1.54) is 0 Å². The Morgan fingerprint density at radius 3 is 2.49 bits per heavy atom. The highest BCUT2D eigenvalue weighted by atomic mass is 16.6. The van der Waals surface area contributed by atoms with Crippen LogP contribution >= 0.6 is 0 Å². The largest absolute Gasteiger partial charge is 0.447 e. The van der Waals surface area contributed by atoms with Crippen molar-refractivity contribution in [3.63, 3.8) is 0 Å². The lowest BCUT2D eigenvalue weighted by molar-refractivity contribution is -0.265. The topological polar surface area (TPSA) is 116 Å². The summed E-state index contributed by atoms with van der Waals surface area (Å²) in [6, 6.07) is 15.4. The molecule has 5 unspecified atom stereocenters. The lowest BCUT2D eigenvalue weighted by atomic mass is 9.92. The maximum Gasteiger partial charge on any atom is 0.409 e. The number of carbonyl (C=O) groups is 2. The van der Waals surface area contributed by atoms with Crippen LogP contribution in [0.5, 0.6) is 0 Å². The summed E-state index contributed by atoms with van der Waals surface area (Å²) in [5.74, 6) is -0.310. The number of rotatable bonds is 5. The second-order valence-electron chi connectivity index (χ2n) is 11.7. The number of hydrogen-bond acceptors (Lipinski definition) is 7. The molecule has 2 N–H and O–H groups in total. The van der Waals surface area contributed by atoms with Gasteiger partial charge in [-0.3, -0.25) is 4.79 Å². The molecule has 11 nitrogen and oxygen atoms in total. The molecule has 0 aliphatic carbocycles. The molecule has 1 saturated heterocycles. The number of carbonyl (C=O) groups excluding carboxylic acids is 2. The second kappa shape index (κ2) is 9.17. The molecule has 0 saturated carbocycles. The highest BCUT2D eigenvalue weighted by Crippen LogP contribution is 2.55. The molecule has 43 heavy (non-hydrogen) atoms. The second-order valence-corrected chi connectivity index (χ2v) is 11.7. The van der Waals surface area contributed by atoms with Crippen molar-refractivity contribution in [1.82, 2.24) is 19.4 Å². The summed E-state index contributed by atoms with van der Waals surface area (Å²) in [5, 5.41) is 17.4. The molecule has 3 aliphatic rings. The van der Waals surface area contributed by atoms with Gasteiger partial charge in [-0.25, -0.2) is 4.79 Å². The minimum absolute atomic E-state index is 0.133. The predicted molar refractivity (Wildman–Crippen MR) is 159 cm³/mol. The van der Waals surface area contributed by atoms with E-state index in [2.05, 4.69) is 14.5 Å². The van der Waals surface area contributed by atoms with Crippen LogP contribution in [0.4, 0.5) is 4.79 Å². The molecule has 222 valence electrons. The molecule has 3 aromatic carbocycles. The quantitative estimate of drug-likeness (QED) is 0.295. The van der Waals surface area contributed by atoms with Crippen molar-refractivity contribution in [2.24, 2.45) is 0 Å². The Balaban J connectivity index is 1.51. The molecule has 5 atom stereocenters. The molecule has 2 aromatic heterocycles. The Labute approximate surface area is 246 Å². The molecule has 11 heteroatoms. The highest BCUT2D eigenvalue weighted by molar-refractivity contribution is 6.31. The van der Waals surface area contributed by atoms with E-state index in [1.807, 2.05) is 55.5 Å². The van der Waals surface area contributed by atoms with Crippen LogP contribution in [0.1, 0.15) is 41.7 Å². The smallest absolute Gasteiger partial charge is 0.409 e. The van der Waals surface area contributed by atoms with Gasteiger partial charge in [-0.15, -0.1) is 0 Å². The average Bonchev–Trinajstić information content (AvgIpc) is 3.61. The van der Waals surface area contributed by atoms with E-state index in [0.29, 0.717) is 24.2 Å². The number of nitrogens with zero attached hydrogens (tertiary/aromatic N) is 3. The monoisotopic (exact) mass is 584 g/mol. The Morgan fingerprint density at radius 2 is 1.77 bits per heavy atom. The standard InChI is InChI=1S/C32H32N4O7/c1-32-28(41-4)20(34(2)31(39)42-14-13-40-3)15-21(43-32)35-18-11-7-5-9-16(18)22-24-25(30(38)33-29(24)37)23-17-10-6-8-12-19(17)36(32)27(23)26(22)35/h5-12,20-21,28,30,38H,13-15H2,1-4H3,(H,33,37). The summed E-state index contributed by atoms with van der Waals surface area (Å²) in [4.78, 5) is 28.4. The number of ether oxygens (including phenoxy) is 4. The van der Waals surface area contributed by atoms with Gasteiger partial charge in [-0.1, -0.05) is 36.4 Å². The van der Waals surface area contributed by atoms with Crippen molar-refractivity contribution in [1.29, 1.82) is 0 Å². The molecule has 2 bridgehead atoms. The van der Waals surface area contributed by atoms with Crippen LogP contribution in [0.2, 0.25) is 0 Å². The SMILES string of the molecule is COCCOC(=O)N(C)C1CC2OC(C)(C1OC)n1c3ccccc3c3c4c(c5c6ccccc6n2c5c31)C(=O)NC4O. The Hall–Kier alpha value is -4.16. The van der Waals surface area contributed by atoms with Gasteiger partial charge in [0, 0.05) is 54.8 Å². The third-order valence-corrected chi connectivity index (χ3v) is 9.55. The van der Waals surface area contributed by atoms with E-state index in [9.17, 15) is 14.7 Å². The van der Waals surface area contributed by atoms with E-state index in [-0.39, 0.29) is 12.5 Å². The molecule has 3 aliphatic heterocycles. The average molecular weight is 585 g/mol. The van der Waals surface area contributed by atoms with Crippen LogP contribution in [0.15, 0.2) is 48.5 Å². The van der Waals surface area contributed by atoms with Crippen molar-refractivity contribution in [3.8, 4) is 0 Å². The van der Waals surface area contributed by atoms with Crippen LogP contribution in [0, 0.1) is 0 Å². The zero-order valence-corrected chi connectivity index (χ0v) is 24.3. The summed E-state index contributed by atoms with van der Waals surface area (Å²) in [6.45, 7) is 2.42. The van der Waals surface area contributed by atoms with E-state index in [1.54, 1.807) is 26.2 Å². The van der Waals surface area contributed by atoms with E-state index >= 15 is 0 Å². The van der Waals surface area contributed by atoms with Crippen LogP contribution in [-0.2, 0) is 24.7 Å². The van der Waals surface area contributed by atoms with Gasteiger partial charge in [0.05, 0.1) is 40.3 Å². The zero-order chi connectivity index (χ0) is 29.8. The Morgan fingerprint density at radius 1 is 1.07 bits per heavy atom. The number of fused-ring (bicyclic) bond motifs is 13. The van der Waals surface area contributed by atoms with Crippen molar-refractivity contribution >= 4 is 55.6 Å². The van der Waals surface area contributed by atoms with Gasteiger partial charge in [0.1, 0.15) is 18.9 Å². The maximum atomic E-state index is 13.5. The van der Waals surface area contributed by atoms with Gasteiger partial charge in [-0.05, 0) is 19.1 Å². The van der Waals surface area contributed by atoms with E-state index in [4.69, 9.17) is 18.9 Å². The molecule has 2 amide bonds. The number of hydrogen-bond donors (Lipinski definition) is 2. The fourth-order valence-electron chi connectivity index (χ4n) is 7.89. The maximum absolute atomic E-state index is 13.5. The van der Waals surface area contributed by atoms with E-state index in [0.717, 1.165) is 43.6 Å². The van der Waals surface area contributed by atoms with Gasteiger partial charge >= 0.3 is 6.09 Å². The lowest BCUT2D eigenvalue weighted by Gasteiger charge is -2.50. The number of aromatic nitrogens is 2. The van der Waals surface area contributed by atoms with Crippen molar-refractivity contribution < 1.29 is 33.6 Å². The number of para-hydroxylation sites is 2. The summed E-state index contributed by atoms with van der Waals surface area (Å²) < 4.78 is 28.3. The minimum Gasteiger partial charge on any atom is -0.447 e. The zero-order valence-electron chi connectivity index (χ0n) is 24.3. The van der Waals surface area contributed by atoms with Gasteiger partial charge < -0.3 is 43.4 Å². The highest BCUT2D eigenvalue weighted by Gasteiger charge is 2.55. The fourth-order valence-corrected chi connectivity index (χ4v) is 7.89. The normalized spacial score (nSPS) is 25.9. The van der Waals surface area contributed by atoms with Gasteiger partial charge in [0.15, 0.2) is 12.0 Å². The number of aliphatic hydroxyl groups is 1. The summed E-state index contributed by atoms with van der Waals surface area (Å²) in [5.41, 5.74) is 3.40. The van der Waals surface area contributed by atoms with Crippen molar-refractivity contribution in [2.45, 2.75) is 43.7 Å². The lowest BCUT2D eigenvalue weighted by Crippen LogP contribution is -2.61. The van der Waals surface area contributed by atoms with Gasteiger partial charge in [0.25, 0.3) is 5.91 Å². The predicted octanol–water partition coefficient (Wildman–Crippen LogP) is 4.34. The molecular formula is C32H32N4O7. The fraction of sp³-hybridized carbons (Fsp3) is 0.375. The molecular weight excluding hydrogens is 552 g/mol. The van der Waals surface area contributed by atoms with Crippen molar-refractivity contribution in [3.05, 3.63) is 59.7 Å².